The average Bonchev–Trinajstić information content (AvgIpc) is 2.97. The van der Waals surface area contributed by atoms with Crippen LogP contribution < -0.4 is 9.47 Å². The highest BCUT2D eigenvalue weighted by Gasteiger charge is 2.24. The lowest BCUT2D eigenvalue weighted by atomic mass is 9.97. The molecule has 20 heavy (non-hydrogen) atoms. The van der Waals surface area contributed by atoms with E-state index in [1.54, 1.807) is 0 Å². The van der Waals surface area contributed by atoms with Crippen LogP contribution in [0.4, 0.5) is 0 Å². The number of hydrogen-bond donors (Lipinski definition) is 0. The Morgan fingerprint density at radius 3 is 2.75 bits per heavy atom. The minimum absolute atomic E-state index is 0.559. The molecule has 2 heterocycles. The van der Waals surface area contributed by atoms with E-state index < -0.39 is 5.41 Å². The van der Waals surface area contributed by atoms with Gasteiger partial charge in [0.05, 0.1) is 11.8 Å². The Bertz CT molecular complexity index is 685. The first kappa shape index (κ1) is 12.9. The van der Waals surface area contributed by atoms with Crippen LogP contribution in [-0.2, 0) is 5.41 Å². The molecular formula is C15H14N2O2S. The zero-order valence-corrected chi connectivity index (χ0v) is 12.2. The first-order valence-corrected chi connectivity index (χ1v) is 7.25. The van der Waals surface area contributed by atoms with Gasteiger partial charge in [-0.15, -0.1) is 11.3 Å². The van der Waals surface area contributed by atoms with Crippen LogP contribution in [0.3, 0.4) is 0 Å². The van der Waals surface area contributed by atoms with Gasteiger partial charge in [-0.3, -0.25) is 0 Å². The molecule has 0 radical (unpaired) electrons. The number of ether oxygens (including phenoxy) is 2. The number of rotatable bonds is 2. The van der Waals surface area contributed by atoms with Gasteiger partial charge in [-0.05, 0) is 32.0 Å². The maximum Gasteiger partial charge on any atom is 0.162 e. The topological polar surface area (TPSA) is 55.1 Å². The summed E-state index contributed by atoms with van der Waals surface area (Å²) < 4.78 is 11.1. The fourth-order valence-electron chi connectivity index (χ4n) is 1.94. The molecule has 0 unspecified atom stereocenters. The van der Waals surface area contributed by atoms with Crippen LogP contribution >= 0.6 is 11.3 Å². The molecule has 0 spiro atoms. The van der Waals surface area contributed by atoms with Gasteiger partial charge in [0.25, 0.3) is 0 Å². The van der Waals surface area contributed by atoms with Gasteiger partial charge in [0.2, 0.25) is 0 Å². The Kier molecular flexibility index (Phi) is 3.11. The lowest BCUT2D eigenvalue weighted by Crippen LogP contribution is -2.15. The first-order valence-electron chi connectivity index (χ1n) is 6.37. The van der Waals surface area contributed by atoms with Crippen molar-refractivity contribution in [3.05, 3.63) is 28.6 Å². The molecule has 4 nitrogen and oxygen atoms in total. The van der Waals surface area contributed by atoms with Crippen LogP contribution in [0.2, 0.25) is 0 Å². The minimum atomic E-state index is -0.559. The molecular weight excluding hydrogens is 272 g/mol. The number of hydrogen-bond acceptors (Lipinski definition) is 5. The van der Waals surface area contributed by atoms with E-state index in [0.717, 1.165) is 27.8 Å². The van der Waals surface area contributed by atoms with Crippen LogP contribution in [0.25, 0.3) is 11.3 Å². The fourth-order valence-corrected chi connectivity index (χ4v) is 2.85. The predicted molar refractivity (Wildman–Crippen MR) is 77.2 cm³/mol. The molecule has 0 fully saturated rings. The summed E-state index contributed by atoms with van der Waals surface area (Å²) >= 11 is 1.51. The second kappa shape index (κ2) is 4.80. The van der Waals surface area contributed by atoms with E-state index >= 15 is 0 Å². The van der Waals surface area contributed by atoms with Crippen LogP contribution in [-0.4, -0.2) is 18.2 Å². The molecule has 3 rings (SSSR count). The van der Waals surface area contributed by atoms with Gasteiger partial charge in [-0.1, -0.05) is 0 Å². The van der Waals surface area contributed by atoms with Crippen molar-refractivity contribution in [1.29, 1.82) is 5.26 Å². The van der Waals surface area contributed by atoms with Gasteiger partial charge in [0, 0.05) is 10.9 Å². The van der Waals surface area contributed by atoms with Gasteiger partial charge < -0.3 is 9.47 Å². The summed E-state index contributed by atoms with van der Waals surface area (Å²) in [4.78, 5) is 4.57. The maximum absolute atomic E-state index is 9.17. The maximum atomic E-state index is 9.17. The molecule has 1 aliphatic heterocycles. The van der Waals surface area contributed by atoms with E-state index in [1.807, 2.05) is 37.4 Å². The SMILES string of the molecule is CC(C)(C#N)c1nc(-c2ccc3c(c2)OCCO3)cs1. The standard InChI is InChI=1S/C15H14N2O2S/c1-15(2,9-16)14-17-11(8-20-14)10-3-4-12-13(7-10)19-6-5-18-12/h3-4,7-8H,5-6H2,1-2H3. The molecule has 1 aromatic heterocycles. The van der Waals surface area contributed by atoms with E-state index in [-0.39, 0.29) is 0 Å². The number of nitriles is 1. The molecule has 0 aliphatic carbocycles. The molecule has 0 amide bonds. The van der Waals surface area contributed by atoms with Crippen molar-refractivity contribution in [2.24, 2.45) is 0 Å². The summed E-state index contributed by atoms with van der Waals surface area (Å²) in [6.45, 7) is 4.91. The Hall–Kier alpha value is -2.06. The smallest absolute Gasteiger partial charge is 0.162 e. The molecule has 0 N–H and O–H groups in total. The molecule has 0 saturated carbocycles. The quantitative estimate of drug-likeness (QED) is 0.849. The number of thiazole rings is 1. The molecule has 102 valence electrons. The lowest BCUT2D eigenvalue weighted by molar-refractivity contribution is 0.171. The summed E-state index contributed by atoms with van der Waals surface area (Å²) in [5, 5.41) is 12.0. The third-order valence-corrected chi connectivity index (χ3v) is 4.32. The highest BCUT2D eigenvalue weighted by Crippen LogP contribution is 2.36. The van der Waals surface area contributed by atoms with Crippen molar-refractivity contribution in [2.45, 2.75) is 19.3 Å². The zero-order valence-electron chi connectivity index (χ0n) is 11.3. The van der Waals surface area contributed by atoms with E-state index in [0.29, 0.717) is 13.2 Å². The number of fused-ring (bicyclic) bond motifs is 1. The Morgan fingerprint density at radius 2 is 2.00 bits per heavy atom. The summed E-state index contributed by atoms with van der Waals surface area (Å²) in [5.41, 5.74) is 1.28. The third kappa shape index (κ3) is 2.23. The summed E-state index contributed by atoms with van der Waals surface area (Å²) in [7, 11) is 0. The van der Waals surface area contributed by atoms with Crippen LogP contribution in [0.15, 0.2) is 23.6 Å². The van der Waals surface area contributed by atoms with E-state index in [9.17, 15) is 0 Å². The predicted octanol–water partition coefficient (Wildman–Crippen LogP) is 3.38. The highest BCUT2D eigenvalue weighted by molar-refractivity contribution is 7.10. The van der Waals surface area contributed by atoms with Crippen molar-refractivity contribution in [3.63, 3.8) is 0 Å². The van der Waals surface area contributed by atoms with Gasteiger partial charge in [-0.25, -0.2) is 4.98 Å². The van der Waals surface area contributed by atoms with Crippen LogP contribution in [0, 0.1) is 11.3 Å². The van der Waals surface area contributed by atoms with Gasteiger partial charge in [0.15, 0.2) is 11.5 Å². The largest absolute Gasteiger partial charge is 0.486 e. The summed E-state index contributed by atoms with van der Waals surface area (Å²) in [6, 6.07) is 8.08. The van der Waals surface area contributed by atoms with Crippen molar-refractivity contribution in [2.75, 3.05) is 13.2 Å². The molecule has 0 saturated heterocycles. The van der Waals surface area contributed by atoms with E-state index in [2.05, 4.69) is 11.1 Å². The molecule has 0 atom stereocenters. The van der Waals surface area contributed by atoms with Gasteiger partial charge in [0.1, 0.15) is 23.6 Å². The van der Waals surface area contributed by atoms with E-state index in [4.69, 9.17) is 14.7 Å². The minimum Gasteiger partial charge on any atom is -0.486 e. The molecule has 2 aromatic rings. The molecule has 0 bridgehead atoms. The summed E-state index contributed by atoms with van der Waals surface area (Å²) in [6.07, 6.45) is 0. The zero-order chi connectivity index (χ0) is 14.2. The summed E-state index contributed by atoms with van der Waals surface area (Å²) in [5.74, 6) is 1.52. The van der Waals surface area contributed by atoms with Crippen LogP contribution in [0.1, 0.15) is 18.9 Å². The number of nitrogens with zero attached hydrogens (tertiary/aromatic N) is 2. The van der Waals surface area contributed by atoms with E-state index in [1.165, 1.54) is 11.3 Å². The molecule has 5 heteroatoms. The normalized spacial score (nSPS) is 13.8. The van der Waals surface area contributed by atoms with Crippen molar-refractivity contribution in [1.82, 2.24) is 4.98 Å². The number of benzene rings is 1. The second-order valence-electron chi connectivity index (χ2n) is 5.13. The van der Waals surface area contributed by atoms with Crippen molar-refractivity contribution in [3.8, 4) is 28.8 Å². The molecule has 1 aliphatic rings. The van der Waals surface area contributed by atoms with Crippen molar-refractivity contribution < 1.29 is 9.47 Å². The molecule has 1 aromatic carbocycles. The third-order valence-electron chi connectivity index (χ3n) is 3.16. The fraction of sp³-hybridized carbons (Fsp3) is 0.333. The van der Waals surface area contributed by atoms with Gasteiger partial charge in [-0.2, -0.15) is 5.26 Å². The second-order valence-corrected chi connectivity index (χ2v) is 5.99. The van der Waals surface area contributed by atoms with Gasteiger partial charge >= 0.3 is 0 Å². The Labute approximate surface area is 121 Å². The van der Waals surface area contributed by atoms with Crippen LogP contribution in [0.5, 0.6) is 11.5 Å². The Balaban J connectivity index is 1.96. The Morgan fingerprint density at radius 1 is 1.25 bits per heavy atom. The first-order chi connectivity index (χ1) is 9.60. The average molecular weight is 286 g/mol. The highest BCUT2D eigenvalue weighted by atomic mass is 32.1. The number of aromatic nitrogens is 1. The van der Waals surface area contributed by atoms with Crippen molar-refractivity contribution >= 4 is 11.3 Å². The monoisotopic (exact) mass is 286 g/mol. The lowest BCUT2D eigenvalue weighted by Gasteiger charge is -2.18.